The molecule has 32 heavy (non-hydrogen) atoms. The van der Waals surface area contributed by atoms with Gasteiger partial charge in [0, 0.05) is 30.3 Å². The van der Waals surface area contributed by atoms with E-state index in [2.05, 4.69) is 19.7 Å². The van der Waals surface area contributed by atoms with Crippen LogP contribution in [0.15, 0.2) is 35.0 Å². The third kappa shape index (κ3) is 5.93. The molecule has 3 aromatic heterocycles. The first-order valence-electron chi connectivity index (χ1n) is 9.36. The molecular formula is C20H18F4N4O4. The lowest BCUT2D eigenvalue weighted by molar-refractivity contribution is -0.276. The molecule has 0 fully saturated rings. The number of hydrogen-bond acceptors (Lipinski definition) is 7. The Bertz CT molecular complexity index is 1080. The van der Waals surface area contributed by atoms with Gasteiger partial charge in [0.1, 0.15) is 5.76 Å². The van der Waals surface area contributed by atoms with Crippen LogP contribution in [0.5, 0.6) is 11.8 Å². The highest BCUT2D eigenvalue weighted by Crippen LogP contribution is 2.30. The fourth-order valence-electron chi connectivity index (χ4n) is 2.90. The fourth-order valence-corrected chi connectivity index (χ4v) is 2.90. The highest BCUT2D eigenvalue weighted by Gasteiger charge is 2.31. The molecule has 3 heterocycles. The molecule has 3 aromatic rings. The third-order valence-electron chi connectivity index (χ3n) is 4.36. The summed E-state index contributed by atoms with van der Waals surface area (Å²) < 4.78 is 62.9. The molecule has 12 heteroatoms. The van der Waals surface area contributed by atoms with E-state index in [1.165, 1.54) is 19.2 Å². The zero-order chi connectivity index (χ0) is 23.3. The lowest BCUT2D eigenvalue weighted by atomic mass is 10.0. The zero-order valence-electron chi connectivity index (χ0n) is 16.8. The minimum absolute atomic E-state index is 0.0979. The molecule has 0 saturated carbocycles. The van der Waals surface area contributed by atoms with Crippen molar-refractivity contribution in [3.63, 3.8) is 0 Å². The van der Waals surface area contributed by atoms with Crippen LogP contribution < -0.4 is 15.2 Å². The van der Waals surface area contributed by atoms with E-state index >= 15 is 0 Å². The maximum atomic E-state index is 13.7. The number of nitrogens with two attached hydrogens (primary N) is 1. The van der Waals surface area contributed by atoms with E-state index in [1.54, 1.807) is 0 Å². The zero-order valence-corrected chi connectivity index (χ0v) is 16.8. The fraction of sp³-hybridized carbons (Fsp3) is 0.300. The number of primary amides is 1. The van der Waals surface area contributed by atoms with Crippen LogP contribution in [0, 0.1) is 5.82 Å². The number of pyridine rings is 2. The topological polar surface area (TPSA) is 113 Å². The third-order valence-corrected chi connectivity index (χ3v) is 4.36. The summed E-state index contributed by atoms with van der Waals surface area (Å²) in [6.07, 6.45) is 1.29. The lowest BCUT2D eigenvalue weighted by Gasteiger charge is -2.07. The summed E-state index contributed by atoms with van der Waals surface area (Å²) in [4.78, 5) is 22.0. The highest BCUT2D eigenvalue weighted by molar-refractivity contribution is 5.92. The number of rotatable bonds is 4. The van der Waals surface area contributed by atoms with Crippen LogP contribution >= 0.6 is 0 Å². The van der Waals surface area contributed by atoms with Crippen molar-refractivity contribution in [1.29, 1.82) is 0 Å². The molecule has 0 bridgehead atoms. The summed E-state index contributed by atoms with van der Waals surface area (Å²) in [5.74, 6) is -0.461. The highest BCUT2D eigenvalue weighted by atomic mass is 19.4. The predicted molar refractivity (Wildman–Crippen MR) is 102 cm³/mol. The van der Waals surface area contributed by atoms with E-state index in [0.717, 1.165) is 55.6 Å². The number of oxazole rings is 1. The molecule has 1 aliphatic rings. The van der Waals surface area contributed by atoms with Crippen LogP contribution in [-0.4, -0.2) is 34.3 Å². The number of nitrogens with zero attached hydrogens (tertiary/aromatic N) is 3. The average molecular weight is 454 g/mol. The van der Waals surface area contributed by atoms with E-state index in [0.29, 0.717) is 17.3 Å². The number of aryl methyl sites for hydroxylation is 2. The maximum absolute atomic E-state index is 13.7. The van der Waals surface area contributed by atoms with Crippen LogP contribution in [0.4, 0.5) is 17.6 Å². The van der Waals surface area contributed by atoms with Gasteiger partial charge in [-0.05, 0) is 25.3 Å². The van der Waals surface area contributed by atoms with Crippen LogP contribution in [0.2, 0.25) is 0 Å². The Morgan fingerprint density at radius 3 is 2.56 bits per heavy atom. The summed E-state index contributed by atoms with van der Waals surface area (Å²) in [5, 5.41) is 0. The van der Waals surface area contributed by atoms with E-state index < -0.39 is 24.0 Å². The first kappa shape index (κ1) is 23.0. The normalized spacial score (nSPS) is 12.9. The Kier molecular flexibility index (Phi) is 6.91. The molecule has 1 amide bonds. The summed E-state index contributed by atoms with van der Waals surface area (Å²) in [5.41, 5.74) is 6.00. The monoisotopic (exact) mass is 454 g/mol. The Hall–Kier alpha value is -3.70. The Labute approximate surface area is 179 Å². The van der Waals surface area contributed by atoms with Crippen LogP contribution in [0.1, 0.15) is 34.7 Å². The van der Waals surface area contributed by atoms with Gasteiger partial charge in [-0.1, -0.05) is 0 Å². The number of fused-ring (bicyclic) bond motifs is 1. The van der Waals surface area contributed by atoms with Gasteiger partial charge >= 0.3 is 6.36 Å². The molecule has 4 rings (SSSR count). The molecular weight excluding hydrogens is 436 g/mol. The first-order valence-corrected chi connectivity index (χ1v) is 9.36. The van der Waals surface area contributed by atoms with E-state index in [9.17, 15) is 22.4 Å². The van der Waals surface area contributed by atoms with Crippen molar-refractivity contribution < 1.29 is 36.2 Å². The standard InChI is InChI=1S/C13H13FN2O2.C7H5F3N2O2/c1-17-12-6-8(9(14)7-15-12)13-16-10-4-2-3-5-11(10)18-13;8-7(9,10)14-5-3-4(6(11)13)1-2-12-5/h6-7H,2-5H2,1H3;1-3H,(H2,11,13). The summed E-state index contributed by atoms with van der Waals surface area (Å²) in [7, 11) is 1.49. The van der Waals surface area contributed by atoms with Crippen molar-refractivity contribution in [1.82, 2.24) is 15.0 Å². The Morgan fingerprint density at radius 2 is 1.91 bits per heavy atom. The molecule has 0 atom stereocenters. The van der Waals surface area contributed by atoms with Crippen LogP contribution in [0.3, 0.4) is 0 Å². The second kappa shape index (κ2) is 9.62. The largest absolute Gasteiger partial charge is 0.574 e. The molecule has 8 nitrogen and oxygen atoms in total. The number of ether oxygens (including phenoxy) is 2. The van der Waals surface area contributed by atoms with Crippen molar-refractivity contribution in [2.75, 3.05) is 7.11 Å². The maximum Gasteiger partial charge on any atom is 0.574 e. The molecule has 0 radical (unpaired) electrons. The summed E-state index contributed by atoms with van der Waals surface area (Å²) >= 11 is 0. The number of methoxy groups -OCH3 is 1. The Morgan fingerprint density at radius 1 is 1.16 bits per heavy atom. The van der Waals surface area contributed by atoms with E-state index in [1.807, 2.05) is 0 Å². The van der Waals surface area contributed by atoms with Gasteiger partial charge in [-0.3, -0.25) is 4.79 Å². The number of carbonyl (C=O) groups excluding carboxylic acids is 1. The van der Waals surface area contributed by atoms with E-state index in [4.69, 9.17) is 14.9 Å². The molecule has 0 aromatic carbocycles. The van der Waals surface area contributed by atoms with Gasteiger partial charge < -0.3 is 19.6 Å². The molecule has 0 unspecified atom stereocenters. The van der Waals surface area contributed by atoms with Crippen molar-refractivity contribution in [2.24, 2.45) is 5.73 Å². The average Bonchev–Trinajstić information content (AvgIpc) is 3.17. The Balaban J connectivity index is 0.000000188. The predicted octanol–water partition coefficient (Wildman–Crippen LogP) is 3.84. The van der Waals surface area contributed by atoms with Gasteiger partial charge in [-0.15, -0.1) is 13.2 Å². The SMILES string of the molecule is COc1cc(-c2nc3c(o2)CCCC3)c(F)cn1.NC(=O)c1ccnc(OC(F)(F)F)c1. The van der Waals surface area contributed by atoms with Gasteiger partial charge in [0.15, 0.2) is 5.82 Å². The second-order valence-electron chi connectivity index (χ2n) is 6.60. The first-order chi connectivity index (χ1) is 15.2. The van der Waals surface area contributed by atoms with Crippen molar-refractivity contribution in [3.8, 4) is 23.2 Å². The quantitative estimate of drug-likeness (QED) is 0.596. The minimum atomic E-state index is -4.83. The minimum Gasteiger partial charge on any atom is -0.481 e. The van der Waals surface area contributed by atoms with E-state index in [-0.39, 0.29) is 5.56 Å². The summed E-state index contributed by atoms with van der Waals surface area (Å²) in [6.45, 7) is 0. The van der Waals surface area contributed by atoms with Crippen molar-refractivity contribution in [3.05, 3.63) is 53.4 Å². The number of halogens is 4. The van der Waals surface area contributed by atoms with Crippen LogP contribution in [0.25, 0.3) is 11.5 Å². The van der Waals surface area contributed by atoms with Crippen molar-refractivity contribution in [2.45, 2.75) is 32.0 Å². The molecule has 0 saturated heterocycles. The van der Waals surface area contributed by atoms with Gasteiger partial charge in [-0.2, -0.15) is 0 Å². The van der Waals surface area contributed by atoms with Gasteiger partial charge in [0.25, 0.3) is 0 Å². The van der Waals surface area contributed by atoms with Gasteiger partial charge in [0.2, 0.25) is 23.6 Å². The number of alkyl halides is 3. The lowest BCUT2D eigenvalue weighted by Crippen LogP contribution is -2.18. The van der Waals surface area contributed by atoms with Crippen molar-refractivity contribution >= 4 is 5.91 Å². The second-order valence-corrected chi connectivity index (χ2v) is 6.60. The molecule has 0 spiro atoms. The van der Waals surface area contributed by atoms with Gasteiger partial charge in [-0.25, -0.2) is 19.3 Å². The number of aromatic nitrogens is 3. The smallest absolute Gasteiger partial charge is 0.481 e. The van der Waals surface area contributed by atoms with Crippen LogP contribution in [-0.2, 0) is 12.8 Å². The van der Waals surface area contributed by atoms with Gasteiger partial charge in [0.05, 0.1) is 24.6 Å². The number of amides is 1. The molecule has 0 aliphatic heterocycles. The number of carbonyl (C=O) groups is 1. The number of hydrogen-bond donors (Lipinski definition) is 1. The molecule has 1 aliphatic carbocycles. The molecule has 2 N–H and O–H groups in total. The summed E-state index contributed by atoms with van der Waals surface area (Å²) in [6, 6.07) is 3.51. The molecule has 170 valence electrons.